The fraction of sp³-hybridized carbons (Fsp3) is 0.579. The SMILES string of the molecule is O=C1CCc2cc(OCCCC(=O)NC3CCCCC3)ccc2N1. The molecule has 0 radical (unpaired) electrons. The summed E-state index contributed by atoms with van der Waals surface area (Å²) in [5.74, 6) is 1.01. The van der Waals surface area contributed by atoms with Gasteiger partial charge in [0, 0.05) is 24.6 Å². The van der Waals surface area contributed by atoms with Crippen LogP contribution in [0.5, 0.6) is 5.75 Å². The summed E-state index contributed by atoms with van der Waals surface area (Å²) in [5, 5.41) is 5.99. The second-order valence-electron chi connectivity index (χ2n) is 6.72. The van der Waals surface area contributed by atoms with Crippen molar-refractivity contribution in [2.24, 2.45) is 0 Å². The van der Waals surface area contributed by atoms with Crippen molar-refractivity contribution in [1.29, 1.82) is 0 Å². The minimum absolute atomic E-state index is 0.0696. The van der Waals surface area contributed by atoms with Gasteiger partial charge >= 0.3 is 0 Å². The number of hydrogen-bond acceptors (Lipinski definition) is 3. The Morgan fingerprint density at radius 3 is 2.88 bits per heavy atom. The van der Waals surface area contributed by atoms with Crippen LogP contribution < -0.4 is 15.4 Å². The van der Waals surface area contributed by atoms with Crippen molar-refractivity contribution in [2.75, 3.05) is 11.9 Å². The Morgan fingerprint density at radius 2 is 2.04 bits per heavy atom. The number of ether oxygens (including phenoxy) is 1. The summed E-state index contributed by atoms with van der Waals surface area (Å²) in [4.78, 5) is 23.3. The Bertz CT molecular complexity index is 594. The third-order valence-electron chi connectivity index (χ3n) is 4.76. The number of hydrogen-bond donors (Lipinski definition) is 2. The molecule has 1 fully saturated rings. The first-order valence-electron chi connectivity index (χ1n) is 9.05. The van der Waals surface area contributed by atoms with E-state index in [1.54, 1.807) is 0 Å². The van der Waals surface area contributed by atoms with Crippen LogP contribution in [0.15, 0.2) is 18.2 Å². The molecule has 2 aliphatic rings. The van der Waals surface area contributed by atoms with Gasteiger partial charge in [-0.2, -0.15) is 0 Å². The van der Waals surface area contributed by atoms with E-state index in [1.165, 1.54) is 19.3 Å². The van der Waals surface area contributed by atoms with Gasteiger partial charge in [-0.05, 0) is 49.4 Å². The smallest absolute Gasteiger partial charge is 0.224 e. The number of benzene rings is 1. The first-order valence-corrected chi connectivity index (χ1v) is 9.05. The van der Waals surface area contributed by atoms with Crippen LogP contribution in [-0.4, -0.2) is 24.5 Å². The molecule has 1 aromatic rings. The van der Waals surface area contributed by atoms with Gasteiger partial charge in [0.25, 0.3) is 0 Å². The van der Waals surface area contributed by atoms with Crippen molar-refractivity contribution < 1.29 is 14.3 Å². The molecular weight excluding hydrogens is 304 g/mol. The summed E-state index contributed by atoms with van der Waals surface area (Å²) in [6, 6.07) is 6.11. The van der Waals surface area contributed by atoms with Gasteiger partial charge in [-0.1, -0.05) is 19.3 Å². The third-order valence-corrected chi connectivity index (χ3v) is 4.76. The van der Waals surface area contributed by atoms with Gasteiger partial charge in [0.05, 0.1) is 6.61 Å². The summed E-state index contributed by atoms with van der Waals surface area (Å²) in [6.45, 7) is 0.531. The molecule has 5 nitrogen and oxygen atoms in total. The molecule has 130 valence electrons. The van der Waals surface area contributed by atoms with Crippen LogP contribution in [0.2, 0.25) is 0 Å². The zero-order valence-corrected chi connectivity index (χ0v) is 14.1. The Kier molecular flexibility index (Phi) is 5.72. The average Bonchev–Trinajstić information content (AvgIpc) is 2.59. The molecule has 0 saturated heterocycles. The maximum atomic E-state index is 11.9. The minimum Gasteiger partial charge on any atom is -0.494 e. The molecule has 0 unspecified atom stereocenters. The lowest BCUT2D eigenvalue weighted by molar-refractivity contribution is -0.122. The normalized spacial score (nSPS) is 17.8. The number of nitrogens with one attached hydrogen (secondary N) is 2. The molecule has 0 aromatic heterocycles. The quantitative estimate of drug-likeness (QED) is 0.787. The zero-order chi connectivity index (χ0) is 16.8. The van der Waals surface area contributed by atoms with Crippen LogP contribution in [0, 0.1) is 0 Å². The van der Waals surface area contributed by atoms with Crippen molar-refractivity contribution in [3.05, 3.63) is 23.8 Å². The predicted octanol–water partition coefficient (Wildman–Crippen LogP) is 3.18. The van der Waals surface area contributed by atoms with Crippen molar-refractivity contribution in [3.63, 3.8) is 0 Å². The number of rotatable bonds is 6. The lowest BCUT2D eigenvalue weighted by Crippen LogP contribution is -2.36. The van der Waals surface area contributed by atoms with Gasteiger partial charge in [0.1, 0.15) is 5.75 Å². The second kappa shape index (κ2) is 8.18. The summed E-state index contributed by atoms with van der Waals surface area (Å²) in [6.07, 6.45) is 8.50. The predicted molar refractivity (Wildman–Crippen MR) is 93.1 cm³/mol. The first kappa shape index (κ1) is 16.8. The van der Waals surface area contributed by atoms with Gasteiger partial charge in [0.15, 0.2) is 0 Å². The number of carbonyl (C=O) groups is 2. The van der Waals surface area contributed by atoms with Crippen LogP contribution in [0.4, 0.5) is 5.69 Å². The topological polar surface area (TPSA) is 67.4 Å². The molecule has 1 aromatic carbocycles. The summed E-state index contributed by atoms with van der Waals surface area (Å²) in [5.41, 5.74) is 1.99. The van der Waals surface area contributed by atoms with E-state index in [0.717, 1.165) is 36.3 Å². The second-order valence-corrected chi connectivity index (χ2v) is 6.72. The van der Waals surface area contributed by atoms with E-state index in [1.807, 2.05) is 18.2 Å². The average molecular weight is 330 g/mol. The molecular formula is C19H26N2O3. The van der Waals surface area contributed by atoms with Crippen LogP contribution in [0.3, 0.4) is 0 Å². The maximum Gasteiger partial charge on any atom is 0.224 e. The van der Waals surface area contributed by atoms with Crippen LogP contribution in [0.25, 0.3) is 0 Å². The van der Waals surface area contributed by atoms with Gasteiger partial charge in [-0.3, -0.25) is 9.59 Å². The molecule has 2 N–H and O–H groups in total. The van der Waals surface area contributed by atoms with Crippen molar-refractivity contribution >= 4 is 17.5 Å². The monoisotopic (exact) mass is 330 g/mol. The van der Waals surface area contributed by atoms with Gasteiger partial charge in [0.2, 0.25) is 11.8 Å². The number of anilines is 1. The fourth-order valence-corrected chi connectivity index (χ4v) is 3.42. The van der Waals surface area contributed by atoms with Crippen molar-refractivity contribution in [3.8, 4) is 5.75 Å². The number of amides is 2. The largest absolute Gasteiger partial charge is 0.494 e. The lowest BCUT2D eigenvalue weighted by Gasteiger charge is -2.22. The van der Waals surface area contributed by atoms with Crippen LogP contribution in [0.1, 0.15) is 56.9 Å². The van der Waals surface area contributed by atoms with E-state index < -0.39 is 0 Å². The number of carbonyl (C=O) groups excluding carboxylic acids is 2. The Hall–Kier alpha value is -2.04. The van der Waals surface area contributed by atoms with Gasteiger partial charge in [-0.25, -0.2) is 0 Å². The summed E-state index contributed by atoms with van der Waals surface area (Å²) in [7, 11) is 0. The summed E-state index contributed by atoms with van der Waals surface area (Å²) < 4.78 is 5.75. The Balaban J connectivity index is 1.37. The fourth-order valence-electron chi connectivity index (χ4n) is 3.42. The summed E-state index contributed by atoms with van der Waals surface area (Å²) >= 11 is 0. The highest BCUT2D eigenvalue weighted by molar-refractivity contribution is 5.94. The highest BCUT2D eigenvalue weighted by atomic mass is 16.5. The third kappa shape index (κ3) is 4.73. The zero-order valence-electron chi connectivity index (χ0n) is 14.1. The van der Waals surface area contributed by atoms with E-state index in [2.05, 4.69) is 10.6 Å². The van der Waals surface area contributed by atoms with Gasteiger partial charge in [-0.15, -0.1) is 0 Å². The minimum atomic E-state index is 0.0696. The molecule has 1 heterocycles. The van der Waals surface area contributed by atoms with E-state index in [4.69, 9.17) is 4.74 Å². The van der Waals surface area contributed by atoms with Crippen molar-refractivity contribution in [2.45, 2.75) is 63.8 Å². The van der Waals surface area contributed by atoms with E-state index in [0.29, 0.717) is 31.9 Å². The molecule has 1 saturated carbocycles. The number of fused-ring (bicyclic) bond motifs is 1. The molecule has 5 heteroatoms. The molecule has 0 atom stereocenters. The van der Waals surface area contributed by atoms with E-state index in [9.17, 15) is 9.59 Å². The highest BCUT2D eigenvalue weighted by Crippen LogP contribution is 2.26. The van der Waals surface area contributed by atoms with Crippen LogP contribution >= 0.6 is 0 Å². The molecule has 0 bridgehead atoms. The first-order chi connectivity index (χ1) is 11.7. The van der Waals surface area contributed by atoms with Crippen LogP contribution in [-0.2, 0) is 16.0 Å². The maximum absolute atomic E-state index is 11.9. The van der Waals surface area contributed by atoms with Gasteiger partial charge < -0.3 is 15.4 Å². The molecule has 3 rings (SSSR count). The lowest BCUT2D eigenvalue weighted by atomic mass is 9.95. The van der Waals surface area contributed by atoms with Crippen molar-refractivity contribution in [1.82, 2.24) is 5.32 Å². The molecule has 1 aliphatic heterocycles. The standard InChI is InChI=1S/C19H26N2O3/c22-18(20-15-5-2-1-3-6-15)7-4-12-24-16-9-10-17-14(13-16)8-11-19(23)21-17/h9-10,13,15H,1-8,11-12H2,(H,20,22)(H,21,23). The van der Waals surface area contributed by atoms with E-state index >= 15 is 0 Å². The Labute approximate surface area is 143 Å². The molecule has 2 amide bonds. The Morgan fingerprint density at radius 1 is 1.21 bits per heavy atom. The molecule has 24 heavy (non-hydrogen) atoms. The number of aryl methyl sites for hydroxylation is 1. The van der Waals surface area contributed by atoms with E-state index in [-0.39, 0.29) is 11.8 Å². The molecule has 0 spiro atoms. The highest BCUT2D eigenvalue weighted by Gasteiger charge is 2.16. The molecule has 1 aliphatic carbocycles.